The second-order valence-corrected chi connectivity index (χ2v) is 10.6. The van der Waals surface area contributed by atoms with Gasteiger partial charge in [0.1, 0.15) is 0 Å². The molecule has 0 saturated heterocycles. The lowest BCUT2D eigenvalue weighted by Crippen LogP contribution is -2.31. The van der Waals surface area contributed by atoms with Crippen molar-refractivity contribution in [3.63, 3.8) is 0 Å². The van der Waals surface area contributed by atoms with Crippen molar-refractivity contribution in [2.45, 2.75) is 58.0 Å². The standard InChI is InChI=1S/C15H22F3P/c1-13(2,3)19(14(4,5)6)12-9-7-11(8-10-12)15(16,17)18/h7-10H,1-6H3. The molecule has 19 heavy (non-hydrogen) atoms. The van der Waals surface area contributed by atoms with Gasteiger partial charge in [0.2, 0.25) is 0 Å². The van der Waals surface area contributed by atoms with Crippen molar-refractivity contribution < 1.29 is 13.2 Å². The lowest BCUT2D eigenvalue weighted by atomic mass is 10.2. The Morgan fingerprint density at radius 2 is 1.11 bits per heavy atom. The fourth-order valence-corrected chi connectivity index (χ4v) is 6.59. The Kier molecular flexibility index (Phi) is 4.42. The summed E-state index contributed by atoms with van der Waals surface area (Å²) in [5.41, 5.74) is -0.575. The smallest absolute Gasteiger partial charge is 0.166 e. The van der Waals surface area contributed by atoms with Crippen molar-refractivity contribution in [3.8, 4) is 0 Å². The van der Waals surface area contributed by atoms with Crippen LogP contribution in [0.2, 0.25) is 0 Å². The van der Waals surface area contributed by atoms with E-state index in [4.69, 9.17) is 0 Å². The molecule has 0 amide bonds. The molecule has 1 aromatic rings. The average Bonchev–Trinajstić information content (AvgIpc) is 2.12. The number of rotatable bonds is 1. The van der Waals surface area contributed by atoms with E-state index in [0.29, 0.717) is 0 Å². The molecular weight excluding hydrogens is 268 g/mol. The molecule has 0 aliphatic carbocycles. The van der Waals surface area contributed by atoms with Crippen LogP contribution in [0.4, 0.5) is 13.2 Å². The second kappa shape index (κ2) is 5.09. The number of halogens is 3. The van der Waals surface area contributed by atoms with Crippen molar-refractivity contribution in [1.82, 2.24) is 0 Å². The minimum absolute atomic E-state index is 0.0628. The van der Waals surface area contributed by atoms with Gasteiger partial charge in [0.15, 0.2) is 0 Å². The van der Waals surface area contributed by atoms with Crippen molar-refractivity contribution in [3.05, 3.63) is 29.8 Å². The largest absolute Gasteiger partial charge is 0.416 e. The van der Waals surface area contributed by atoms with Crippen LogP contribution in [0.3, 0.4) is 0 Å². The normalized spacial score (nSPS) is 14.0. The zero-order valence-electron chi connectivity index (χ0n) is 12.4. The fraction of sp³-hybridized carbons (Fsp3) is 0.600. The minimum Gasteiger partial charge on any atom is -0.166 e. The zero-order chi connectivity index (χ0) is 15.1. The van der Waals surface area contributed by atoms with E-state index in [1.807, 2.05) is 0 Å². The average molecular weight is 290 g/mol. The van der Waals surface area contributed by atoms with Crippen LogP contribution < -0.4 is 5.30 Å². The van der Waals surface area contributed by atoms with Crippen LogP contribution in [-0.2, 0) is 6.18 Å². The minimum atomic E-state index is -4.26. The van der Waals surface area contributed by atoms with E-state index in [1.54, 1.807) is 12.1 Å². The molecule has 1 rings (SSSR count). The van der Waals surface area contributed by atoms with Crippen LogP contribution in [0.25, 0.3) is 0 Å². The van der Waals surface area contributed by atoms with E-state index < -0.39 is 19.7 Å². The summed E-state index contributed by atoms with van der Waals surface area (Å²) in [6, 6.07) is 5.68. The van der Waals surface area contributed by atoms with E-state index in [-0.39, 0.29) is 10.3 Å². The van der Waals surface area contributed by atoms with Gasteiger partial charge in [-0.25, -0.2) is 0 Å². The number of hydrogen-bond donors (Lipinski definition) is 0. The molecule has 0 bridgehead atoms. The molecule has 0 unspecified atom stereocenters. The maximum Gasteiger partial charge on any atom is 0.416 e. The van der Waals surface area contributed by atoms with E-state index in [0.717, 1.165) is 5.30 Å². The monoisotopic (exact) mass is 290 g/mol. The van der Waals surface area contributed by atoms with Gasteiger partial charge in [0.05, 0.1) is 5.56 Å². The van der Waals surface area contributed by atoms with Crippen LogP contribution in [0.1, 0.15) is 47.1 Å². The van der Waals surface area contributed by atoms with E-state index in [1.165, 1.54) is 12.1 Å². The lowest BCUT2D eigenvalue weighted by molar-refractivity contribution is -0.137. The first-order valence-corrected chi connectivity index (χ1v) is 7.65. The third kappa shape index (κ3) is 4.21. The number of alkyl halides is 3. The van der Waals surface area contributed by atoms with Gasteiger partial charge in [0.25, 0.3) is 0 Å². The highest BCUT2D eigenvalue weighted by molar-refractivity contribution is 7.68. The molecule has 1 aromatic carbocycles. The molecule has 0 atom stereocenters. The second-order valence-electron chi connectivity index (χ2n) is 6.72. The summed E-state index contributed by atoms with van der Waals surface area (Å²) in [6.45, 7) is 12.9. The Morgan fingerprint density at radius 3 is 1.37 bits per heavy atom. The van der Waals surface area contributed by atoms with Crippen molar-refractivity contribution in [2.75, 3.05) is 0 Å². The summed E-state index contributed by atoms with van der Waals surface area (Å²) in [6.07, 6.45) is -4.26. The first-order valence-electron chi connectivity index (χ1n) is 6.31. The Balaban J connectivity index is 3.20. The van der Waals surface area contributed by atoms with Crippen LogP contribution in [0.15, 0.2) is 24.3 Å². The summed E-state index contributed by atoms with van der Waals surface area (Å²) in [7, 11) is -0.553. The molecule has 0 nitrogen and oxygen atoms in total. The van der Waals surface area contributed by atoms with E-state index in [9.17, 15) is 13.2 Å². The van der Waals surface area contributed by atoms with Crippen molar-refractivity contribution in [2.24, 2.45) is 0 Å². The maximum atomic E-state index is 12.6. The zero-order valence-corrected chi connectivity index (χ0v) is 13.3. The molecule has 0 aromatic heterocycles. The Labute approximate surface area is 115 Å². The van der Waals surface area contributed by atoms with Gasteiger partial charge in [-0.3, -0.25) is 0 Å². The number of hydrogen-bond acceptors (Lipinski definition) is 0. The summed E-state index contributed by atoms with van der Waals surface area (Å²) < 4.78 is 37.8. The van der Waals surface area contributed by atoms with Gasteiger partial charge in [0, 0.05) is 0 Å². The lowest BCUT2D eigenvalue weighted by Gasteiger charge is -2.41. The highest BCUT2D eigenvalue weighted by Crippen LogP contribution is 2.58. The van der Waals surface area contributed by atoms with Gasteiger partial charge in [-0.2, -0.15) is 13.2 Å². The molecule has 0 aliphatic rings. The highest BCUT2D eigenvalue weighted by Gasteiger charge is 2.36. The topological polar surface area (TPSA) is 0 Å². The predicted octanol–water partition coefficient (Wildman–Crippen LogP) is 5.41. The summed E-state index contributed by atoms with van der Waals surface area (Å²) >= 11 is 0. The fourth-order valence-electron chi connectivity index (χ4n) is 2.58. The summed E-state index contributed by atoms with van der Waals surface area (Å²) in [5.74, 6) is 0. The molecule has 0 saturated carbocycles. The first kappa shape index (κ1) is 16.5. The van der Waals surface area contributed by atoms with Crippen LogP contribution in [-0.4, -0.2) is 10.3 Å². The van der Waals surface area contributed by atoms with Crippen LogP contribution >= 0.6 is 7.92 Å². The Morgan fingerprint density at radius 1 is 0.737 bits per heavy atom. The molecule has 0 N–H and O–H groups in total. The molecule has 108 valence electrons. The van der Waals surface area contributed by atoms with E-state index in [2.05, 4.69) is 41.5 Å². The van der Waals surface area contributed by atoms with Crippen LogP contribution in [0, 0.1) is 0 Å². The van der Waals surface area contributed by atoms with Crippen LogP contribution in [0.5, 0.6) is 0 Å². The number of benzene rings is 1. The Hall–Kier alpha value is -0.560. The first-order chi connectivity index (χ1) is 8.33. The predicted molar refractivity (Wildman–Crippen MR) is 77.5 cm³/mol. The Bertz CT molecular complexity index is 405. The molecule has 0 radical (unpaired) electrons. The summed E-state index contributed by atoms with van der Waals surface area (Å²) in [5, 5.41) is 1.16. The SMILES string of the molecule is CC(C)(C)P(c1ccc(C(F)(F)F)cc1)C(C)(C)C. The quantitative estimate of drug-likeness (QED) is 0.607. The third-order valence-corrected chi connectivity index (χ3v) is 6.29. The van der Waals surface area contributed by atoms with Gasteiger partial charge < -0.3 is 0 Å². The maximum absolute atomic E-state index is 12.6. The molecule has 0 spiro atoms. The van der Waals surface area contributed by atoms with E-state index >= 15 is 0 Å². The molecule has 0 aliphatic heterocycles. The molecule has 0 fully saturated rings. The van der Waals surface area contributed by atoms with Crippen molar-refractivity contribution >= 4 is 13.2 Å². The molecular formula is C15H22F3P. The van der Waals surface area contributed by atoms with Crippen molar-refractivity contribution in [1.29, 1.82) is 0 Å². The highest BCUT2D eigenvalue weighted by atomic mass is 31.1. The van der Waals surface area contributed by atoms with Gasteiger partial charge in [-0.15, -0.1) is 0 Å². The molecule has 0 heterocycles. The van der Waals surface area contributed by atoms with Gasteiger partial charge in [-0.05, 0) is 27.7 Å². The third-order valence-electron chi connectivity index (χ3n) is 2.79. The van der Waals surface area contributed by atoms with Gasteiger partial charge in [-0.1, -0.05) is 61.6 Å². The van der Waals surface area contributed by atoms with Gasteiger partial charge >= 0.3 is 6.18 Å². The molecule has 4 heteroatoms. The summed E-state index contributed by atoms with van der Waals surface area (Å²) in [4.78, 5) is 0.